The predicted octanol–water partition coefficient (Wildman–Crippen LogP) is 3.50. The lowest BCUT2D eigenvalue weighted by Crippen LogP contribution is -2.41. The minimum Gasteiger partial charge on any atom is -0.383 e. The summed E-state index contributed by atoms with van der Waals surface area (Å²) >= 11 is 5.96. The highest BCUT2D eigenvalue weighted by Gasteiger charge is 2.38. The first kappa shape index (κ1) is 16.0. The highest BCUT2D eigenvalue weighted by Crippen LogP contribution is 2.37. The van der Waals surface area contributed by atoms with E-state index >= 15 is 0 Å². The third kappa shape index (κ3) is 3.44. The molecule has 21 heavy (non-hydrogen) atoms. The molecule has 2 rings (SSSR count). The maximum Gasteiger partial charge on any atom is 0.137 e. The zero-order valence-electron chi connectivity index (χ0n) is 12.7. The van der Waals surface area contributed by atoms with Gasteiger partial charge in [0.05, 0.1) is 6.54 Å². The van der Waals surface area contributed by atoms with Crippen molar-refractivity contribution in [3.63, 3.8) is 0 Å². The third-order valence-corrected chi connectivity index (χ3v) is 4.72. The van der Waals surface area contributed by atoms with Crippen LogP contribution >= 0.6 is 11.6 Å². The van der Waals surface area contributed by atoms with Crippen molar-refractivity contribution in [1.82, 2.24) is 14.8 Å². The topological polar surface area (TPSA) is 50.9 Å². The molecular formula is C16H22ClN3O. The maximum absolute atomic E-state index is 11.4. The van der Waals surface area contributed by atoms with Crippen LogP contribution in [0.1, 0.15) is 32.8 Å². The summed E-state index contributed by atoms with van der Waals surface area (Å²) in [5.74, 6) is 0.460. The largest absolute Gasteiger partial charge is 0.383 e. The molecule has 3 atom stereocenters. The van der Waals surface area contributed by atoms with Gasteiger partial charge in [-0.05, 0) is 29.5 Å². The summed E-state index contributed by atoms with van der Waals surface area (Å²) in [7, 11) is 0. The fraction of sp³-hybridized carbons (Fsp3) is 0.500. The fourth-order valence-electron chi connectivity index (χ4n) is 2.62. The average Bonchev–Trinajstić information content (AvgIpc) is 2.98. The van der Waals surface area contributed by atoms with Gasteiger partial charge in [0, 0.05) is 5.02 Å². The minimum atomic E-state index is -1.01. The maximum atomic E-state index is 11.4. The van der Waals surface area contributed by atoms with Gasteiger partial charge < -0.3 is 5.11 Å². The van der Waals surface area contributed by atoms with Crippen LogP contribution in [0.5, 0.6) is 0 Å². The smallest absolute Gasteiger partial charge is 0.137 e. The Morgan fingerprint density at radius 2 is 1.95 bits per heavy atom. The molecule has 1 N–H and O–H groups in total. The van der Waals surface area contributed by atoms with Gasteiger partial charge in [-0.15, -0.1) is 0 Å². The number of hydrogen-bond donors (Lipinski definition) is 1. The number of rotatable bonds is 6. The molecule has 0 spiro atoms. The fourth-order valence-corrected chi connectivity index (χ4v) is 2.75. The lowest BCUT2D eigenvalue weighted by molar-refractivity contribution is -0.0557. The van der Waals surface area contributed by atoms with E-state index in [1.54, 1.807) is 11.0 Å². The van der Waals surface area contributed by atoms with E-state index in [9.17, 15) is 5.11 Å². The van der Waals surface area contributed by atoms with Crippen LogP contribution in [0.3, 0.4) is 0 Å². The van der Waals surface area contributed by atoms with Crippen molar-refractivity contribution < 1.29 is 5.11 Å². The molecule has 0 aliphatic carbocycles. The van der Waals surface area contributed by atoms with Gasteiger partial charge in [-0.1, -0.05) is 50.9 Å². The Hall–Kier alpha value is -1.39. The summed E-state index contributed by atoms with van der Waals surface area (Å²) in [5.41, 5.74) is -0.150. The van der Waals surface area contributed by atoms with E-state index in [0.717, 1.165) is 12.0 Å². The minimum absolute atomic E-state index is 0.0767. The van der Waals surface area contributed by atoms with Crippen LogP contribution in [0.4, 0.5) is 0 Å². The zero-order chi connectivity index (χ0) is 15.5. The predicted molar refractivity (Wildman–Crippen MR) is 84.0 cm³/mol. The van der Waals surface area contributed by atoms with Gasteiger partial charge in [0.2, 0.25) is 0 Å². The molecule has 0 radical (unpaired) electrons. The van der Waals surface area contributed by atoms with E-state index < -0.39 is 5.60 Å². The normalized spacial score (nSPS) is 17.2. The number of benzene rings is 1. The molecule has 0 aliphatic rings. The monoisotopic (exact) mass is 307 g/mol. The first-order chi connectivity index (χ1) is 9.97. The average molecular weight is 308 g/mol. The van der Waals surface area contributed by atoms with Crippen molar-refractivity contribution in [1.29, 1.82) is 0 Å². The molecule has 3 unspecified atom stereocenters. The molecule has 4 nitrogen and oxygen atoms in total. The summed E-state index contributed by atoms with van der Waals surface area (Å²) in [5, 5.41) is 16.2. The first-order valence-electron chi connectivity index (χ1n) is 7.28. The second-order valence-electron chi connectivity index (χ2n) is 5.70. The Morgan fingerprint density at radius 3 is 2.48 bits per heavy atom. The molecule has 2 aromatic rings. The van der Waals surface area contributed by atoms with Gasteiger partial charge in [0.25, 0.3) is 0 Å². The quantitative estimate of drug-likeness (QED) is 0.888. The standard InChI is InChI=1S/C16H22ClN3O/c1-4-12(2)13(3)16(21,9-20-11-18-10-19-20)14-5-7-15(17)8-6-14/h5-8,10-13,21H,4,9H2,1-3H3. The van der Waals surface area contributed by atoms with Crippen LogP contribution in [-0.2, 0) is 12.1 Å². The van der Waals surface area contributed by atoms with Crippen LogP contribution in [0.15, 0.2) is 36.9 Å². The van der Waals surface area contributed by atoms with Crippen molar-refractivity contribution in [2.45, 2.75) is 39.3 Å². The van der Waals surface area contributed by atoms with Gasteiger partial charge >= 0.3 is 0 Å². The van der Waals surface area contributed by atoms with E-state index in [2.05, 4.69) is 30.9 Å². The molecular weight excluding hydrogens is 286 g/mol. The third-order valence-electron chi connectivity index (χ3n) is 4.46. The van der Waals surface area contributed by atoms with E-state index in [0.29, 0.717) is 17.5 Å². The van der Waals surface area contributed by atoms with Crippen molar-refractivity contribution in [2.24, 2.45) is 11.8 Å². The molecule has 0 amide bonds. The van der Waals surface area contributed by atoms with E-state index in [1.165, 1.54) is 6.33 Å². The Labute approximate surface area is 130 Å². The molecule has 1 heterocycles. The molecule has 0 fully saturated rings. The summed E-state index contributed by atoms with van der Waals surface area (Å²) in [6, 6.07) is 7.40. The second-order valence-corrected chi connectivity index (χ2v) is 6.13. The zero-order valence-corrected chi connectivity index (χ0v) is 13.5. The first-order valence-corrected chi connectivity index (χ1v) is 7.66. The Morgan fingerprint density at radius 1 is 1.29 bits per heavy atom. The van der Waals surface area contributed by atoms with Crippen LogP contribution < -0.4 is 0 Å². The summed E-state index contributed by atoms with van der Waals surface area (Å²) < 4.78 is 1.67. The number of halogens is 1. The van der Waals surface area contributed by atoms with E-state index in [1.807, 2.05) is 24.3 Å². The molecule has 5 heteroatoms. The van der Waals surface area contributed by atoms with Crippen molar-refractivity contribution in [3.05, 3.63) is 47.5 Å². The highest BCUT2D eigenvalue weighted by atomic mass is 35.5. The lowest BCUT2D eigenvalue weighted by atomic mass is 9.75. The highest BCUT2D eigenvalue weighted by molar-refractivity contribution is 6.30. The molecule has 0 saturated carbocycles. The number of aromatic nitrogens is 3. The molecule has 1 aromatic heterocycles. The molecule has 1 aromatic carbocycles. The van der Waals surface area contributed by atoms with Gasteiger partial charge in [-0.25, -0.2) is 9.67 Å². The van der Waals surface area contributed by atoms with E-state index in [-0.39, 0.29) is 5.92 Å². The molecule has 0 aliphatic heterocycles. The number of hydrogen-bond acceptors (Lipinski definition) is 3. The van der Waals surface area contributed by atoms with Gasteiger partial charge in [0.15, 0.2) is 0 Å². The van der Waals surface area contributed by atoms with Crippen LogP contribution in [-0.4, -0.2) is 19.9 Å². The van der Waals surface area contributed by atoms with Crippen molar-refractivity contribution >= 4 is 11.6 Å². The van der Waals surface area contributed by atoms with Gasteiger partial charge in [0.1, 0.15) is 18.3 Å². The SMILES string of the molecule is CCC(C)C(C)C(O)(Cn1cncn1)c1ccc(Cl)cc1. The Kier molecular flexibility index (Phi) is 5.01. The Balaban J connectivity index is 2.39. The lowest BCUT2D eigenvalue weighted by Gasteiger charge is -2.37. The summed E-state index contributed by atoms with van der Waals surface area (Å²) in [6.07, 6.45) is 4.12. The van der Waals surface area contributed by atoms with Crippen LogP contribution in [0, 0.1) is 11.8 Å². The molecule has 0 saturated heterocycles. The summed E-state index contributed by atoms with van der Waals surface area (Å²) in [4.78, 5) is 3.96. The van der Waals surface area contributed by atoms with E-state index in [4.69, 9.17) is 11.6 Å². The van der Waals surface area contributed by atoms with Gasteiger partial charge in [-0.2, -0.15) is 5.10 Å². The Bertz CT molecular complexity index is 555. The number of nitrogens with zero attached hydrogens (tertiary/aromatic N) is 3. The molecule has 0 bridgehead atoms. The number of aliphatic hydroxyl groups is 1. The van der Waals surface area contributed by atoms with Crippen molar-refractivity contribution in [3.8, 4) is 0 Å². The van der Waals surface area contributed by atoms with Crippen LogP contribution in [0.2, 0.25) is 5.02 Å². The van der Waals surface area contributed by atoms with Crippen LogP contribution in [0.25, 0.3) is 0 Å². The van der Waals surface area contributed by atoms with Crippen molar-refractivity contribution in [2.75, 3.05) is 0 Å². The van der Waals surface area contributed by atoms with Gasteiger partial charge in [-0.3, -0.25) is 0 Å². The second kappa shape index (κ2) is 6.58. The summed E-state index contributed by atoms with van der Waals surface area (Å²) in [6.45, 7) is 6.76. The molecule has 114 valence electrons.